The van der Waals surface area contributed by atoms with E-state index >= 15 is 0 Å². The minimum absolute atomic E-state index is 0.578. The quantitative estimate of drug-likeness (QED) is 0.189. The van der Waals surface area contributed by atoms with Crippen LogP contribution in [-0.2, 0) is 0 Å². The fourth-order valence-corrected chi connectivity index (χ4v) is 6.46. The molecule has 47 heavy (non-hydrogen) atoms. The Bertz CT molecular complexity index is 2480. The van der Waals surface area contributed by atoms with Crippen LogP contribution in [0, 0.1) is 0 Å². The highest BCUT2D eigenvalue weighted by Gasteiger charge is 2.20. The third-order valence-corrected chi connectivity index (χ3v) is 8.71. The summed E-state index contributed by atoms with van der Waals surface area (Å²) in [6.45, 7) is 0. The summed E-state index contributed by atoms with van der Waals surface area (Å²) in [5.41, 5.74) is 11.9. The summed E-state index contributed by atoms with van der Waals surface area (Å²) in [6, 6.07) is 58.8. The molecule has 0 N–H and O–H groups in total. The molecule has 0 atom stereocenters. The van der Waals surface area contributed by atoms with Gasteiger partial charge in [-0.1, -0.05) is 103 Å². The minimum Gasteiger partial charge on any atom is -0.456 e. The molecule has 4 nitrogen and oxygen atoms in total. The number of para-hydroxylation sites is 2. The first kappa shape index (κ1) is 27.0. The van der Waals surface area contributed by atoms with E-state index in [-0.39, 0.29) is 0 Å². The molecule has 2 heterocycles. The summed E-state index contributed by atoms with van der Waals surface area (Å²) >= 11 is 0. The number of rotatable bonds is 6. The van der Waals surface area contributed by atoms with Gasteiger partial charge in [0.15, 0.2) is 5.58 Å². The maximum atomic E-state index is 6.39. The highest BCUT2D eigenvalue weighted by Crippen LogP contribution is 2.42. The van der Waals surface area contributed by atoms with Crippen molar-refractivity contribution in [3.63, 3.8) is 0 Å². The molecule has 0 aliphatic rings. The Labute approximate surface area is 271 Å². The van der Waals surface area contributed by atoms with Gasteiger partial charge in [0.1, 0.15) is 16.7 Å². The van der Waals surface area contributed by atoms with E-state index in [2.05, 4.69) is 126 Å². The first-order valence-electron chi connectivity index (χ1n) is 15.7. The molecule has 2 aromatic heterocycles. The molecule has 0 aliphatic carbocycles. The molecule has 0 radical (unpaired) electrons. The van der Waals surface area contributed by atoms with Crippen LogP contribution in [0.3, 0.4) is 0 Å². The first-order valence-corrected chi connectivity index (χ1v) is 15.7. The third-order valence-electron chi connectivity index (χ3n) is 8.71. The van der Waals surface area contributed by atoms with Crippen LogP contribution in [0.4, 0.5) is 17.1 Å². The lowest BCUT2D eigenvalue weighted by Gasteiger charge is -2.26. The zero-order valence-electron chi connectivity index (χ0n) is 25.4. The molecule has 0 unspecified atom stereocenters. The SMILES string of the molecule is c1ccc(-c2ccc(N(c3cccc(-c4ccccc4)c3)c3ccc4oc5cccc(-c6nc7ccccc7o6)c5c4c3)cc2)cc1. The third kappa shape index (κ3) is 4.84. The molecule has 0 fully saturated rings. The Morgan fingerprint density at radius 3 is 1.81 bits per heavy atom. The predicted molar refractivity (Wildman–Crippen MR) is 192 cm³/mol. The van der Waals surface area contributed by atoms with Gasteiger partial charge in [-0.3, -0.25) is 0 Å². The predicted octanol–water partition coefficient (Wildman–Crippen LogP) is 12.2. The summed E-state index contributed by atoms with van der Waals surface area (Å²) in [7, 11) is 0. The van der Waals surface area contributed by atoms with Crippen molar-refractivity contribution in [1.82, 2.24) is 4.98 Å². The lowest BCUT2D eigenvalue weighted by molar-refractivity contribution is 0.620. The van der Waals surface area contributed by atoms with Gasteiger partial charge in [0.2, 0.25) is 5.89 Å². The van der Waals surface area contributed by atoms with Crippen molar-refractivity contribution in [3.05, 3.63) is 170 Å². The molecular formula is C43H28N2O2. The van der Waals surface area contributed by atoms with Crippen LogP contribution in [0.5, 0.6) is 0 Å². The summed E-state index contributed by atoms with van der Waals surface area (Å²) < 4.78 is 12.6. The van der Waals surface area contributed by atoms with Crippen molar-refractivity contribution in [2.45, 2.75) is 0 Å². The monoisotopic (exact) mass is 604 g/mol. The molecule has 7 aromatic carbocycles. The fourth-order valence-electron chi connectivity index (χ4n) is 6.46. The summed E-state index contributed by atoms with van der Waals surface area (Å²) in [4.78, 5) is 7.13. The lowest BCUT2D eigenvalue weighted by Crippen LogP contribution is -2.10. The Kier molecular flexibility index (Phi) is 6.43. The standard InChI is InChI=1S/C43H28N2O2/c1-3-11-29(12-4-1)31-21-23-33(24-22-31)45(34-16-9-15-32(27-34)30-13-5-2-6-14-30)35-25-26-39-37(28-35)42-36(17-10-20-41(42)46-39)43-44-38-18-7-8-19-40(38)47-43/h1-28H. The van der Waals surface area contributed by atoms with E-state index in [4.69, 9.17) is 13.8 Å². The van der Waals surface area contributed by atoms with Crippen molar-refractivity contribution >= 4 is 50.1 Å². The smallest absolute Gasteiger partial charge is 0.228 e. The molecule has 9 aromatic rings. The van der Waals surface area contributed by atoms with Crippen LogP contribution in [-0.4, -0.2) is 4.98 Å². The topological polar surface area (TPSA) is 42.4 Å². The second-order valence-electron chi connectivity index (χ2n) is 11.6. The number of nitrogens with zero attached hydrogens (tertiary/aromatic N) is 2. The maximum absolute atomic E-state index is 6.39. The van der Waals surface area contributed by atoms with Crippen molar-refractivity contribution in [2.24, 2.45) is 0 Å². The zero-order chi connectivity index (χ0) is 31.2. The number of hydrogen-bond donors (Lipinski definition) is 0. The largest absolute Gasteiger partial charge is 0.456 e. The highest BCUT2D eigenvalue weighted by atomic mass is 16.3. The van der Waals surface area contributed by atoms with Crippen molar-refractivity contribution < 1.29 is 8.83 Å². The van der Waals surface area contributed by atoms with E-state index in [1.807, 2.05) is 48.5 Å². The molecule has 0 saturated heterocycles. The summed E-state index contributed by atoms with van der Waals surface area (Å²) in [5, 5.41) is 1.98. The van der Waals surface area contributed by atoms with E-state index < -0.39 is 0 Å². The molecule has 222 valence electrons. The van der Waals surface area contributed by atoms with Gasteiger partial charge < -0.3 is 13.7 Å². The van der Waals surface area contributed by atoms with Crippen molar-refractivity contribution in [1.29, 1.82) is 0 Å². The number of aromatic nitrogens is 1. The molecule has 9 rings (SSSR count). The number of hydrogen-bond acceptors (Lipinski definition) is 4. The average molecular weight is 605 g/mol. The van der Waals surface area contributed by atoms with Gasteiger partial charge in [-0.25, -0.2) is 4.98 Å². The maximum Gasteiger partial charge on any atom is 0.228 e. The van der Waals surface area contributed by atoms with Crippen LogP contribution < -0.4 is 4.90 Å². The van der Waals surface area contributed by atoms with Gasteiger partial charge in [0, 0.05) is 33.4 Å². The Morgan fingerprint density at radius 2 is 1.02 bits per heavy atom. The Morgan fingerprint density at radius 1 is 0.404 bits per heavy atom. The van der Waals surface area contributed by atoms with Gasteiger partial charge >= 0.3 is 0 Å². The van der Waals surface area contributed by atoms with Crippen LogP contribution in [0.2, 0.25) is 0 Å². The van der Waals surface area contributed by atoms with Crippen LogP contribution in [0.1, 0.15) is 0 Å². The lowest BCUT2D eigenvalue weighted by atomic mass is 10.0. The summed E-state index contributed by atoms with van der Waals surface area (Å²) in [5.74, 6) is 0.578. The fraction of sp³-hybridized carbons (Fsp3) is 0. The molecular weight excluding hydrogens is 576 g/mol. The van der Waals surface area contributed by atoms with Gasteiger partial charge in [0.05, 0.1) is 0 Å². The first-order chi connectivity index (χ1) is 23.3. The van der Waals surface area contributed by atoms with Crippen molar-refractivity contribution in [3.8, 4) is 33.7 Å². The Hall–Kier alpha value is -6.39. The van der Waals surface area contributed by atoms with E-state index in [0.717, 1.165) is 61.2 Å². The summed E-state index contributed by atoms with van der Waals surface area (Å²) in [6.07, 6.45) is 0. The molecule has 0 bridgehead atoms. The van der Waals surface area contributed by atoms with Gasteiger partial charge in [0.25, 0.3) is 0 Å². The Balaban J connectivity index is 1.23. The molecule has 4 heteroatoms. The number of anilines is 3. The van der Waals surface area contributed by atoms with Gasteiger partial charge in [-0.05, 0) is 89.0 Å². The molecule has 0 aliphatic heterocycles. The average Bonchev–Trinajstić information content (AvgIpc) is 3.75. The van der Waals surface area contributed by atoms with E-state index in [0.29, 0.717) is 5.89 Å². The number of oxazole rings is 1. The van der Waals surface area contributed by atoms with E-state index in [9.17, 15) is 0 Å². The molecule has 0 saturated carbocycles. The highest BCUT2D eigenvalue weighted by molar-refractivity contribution is 6.13. The van der Waals surface area contributed by atoms with Crippen LogP contribution >= 0.6 is 0 Å². The second-order valence-corrected chi connectivity index (χ2v) is 11.6. The number of fused-ring (bicyclic) bond motifs is 4. The number of furan rings is 1. The van der Waals surface area contributed by atoms with Gasteiger partial charge in [-0.2, -0.15) is 0 Å². The molecule has 0 spiro atoms. The second kappa shape index (κ2) is 11.2. The van der Waals surface area contributed by atoms with E-state index in [1.54, 1.807) is 0 Å². The zero-order valence-corrected chi connectivity index (χ0v) is 25.4. The van der Waals surface area contributed by atoms with Gasteiger partial charge in [-0.15, -0.1) is 0 Å². The number of benzene rings is 7. The van der Waals surface area contributed by atoms with Crippen LogP contribution in [0.15, 0.2) is 179 Å². The van der Waals surface area contributed by atoms with E-state index in [1.165, 1.54) is 16.7 Å². The minimum atomic E-state index is 0.578. The molecule has 0 amide bonds. The normalized spacial score (nSPS) is 11.4. The van der Waals surface area contributed by atoms with Crippen molar-refractivity contribution in [2.75, 3.05) is 4.90 Å². The van der Waals surface area contributed by atoms with Crippen LogP contribution in [0.25, 0.3) is 66.7 Å².